The van der Waals surface area contributed by atoms with E-state index in [0.29, 0.717) is 5.92 Å². The highest BCUT2D eigenvalue weighted by molar-refractivity contribution is 9.10. The number of nitrogens with zero attached hydrogens (tertiary/aromatic N) is 1. The molecule has 0 heterocycles. The second kappa shape index (κ2) is 5.32. The van der Waals surface area contributed by atoms with Gasteiger partial charge in [-0.3, -0.25) is 0 Å². The summed E-state index contributed by atoms with van der Waals surface area (Å²) in [6.07, 6.45) is 3.18. The van der Waals surface area contributed by atoms with Crippen LogP contribution in [-0.4, -0.2) is 5.54 Å². The van der Waals surface area contributed by atoms with Crippen molar-refractivity contribution in [1.82, 2.24) is 0 Å². The molecule has 0 aromatic heterocycles. The van der Waals surface area contributed by atoms with E-state index < -0.39 is 5.54 Å². The highest BCUT2D eigenvalue weighted by Gasteiger charge is 2.40. The molecule has 0 saturated heterocycles. The zero-order valence-corrected chi connectivity index (χ0v) is 12.5. The van der Waals surface area contributed by atoms with Gasteiger partial charge in [-0.05, 0) is 55.4 Å². The van der Waals surface area contributed by atoms with Crippen LogP contribution >= 0.6 is 15.9 Å². The third-order valence-electron chi connectivity index (χ3n) is 4.04. The van der Waals surface area contributed by atoms with Crippen LogP contribution in [0.3, 0.4) is 0 Å². The van der Waals surface area contributed by atoms with Gasteiger partial charge in [0.2, 0.25) is 0 Å². The van der Waals surface area contributed by atoms with Crippen LogP contribution in [0, 0.1) is 23.2 Å². The molecule has 1 aliphatic rings. The molecule has 3 atom stereocenters. The molecule has 0 radical (unpaired) electrons. The Morgan fingerprint density at radius 3 is 2.56 bits per heavy atom. The van der Waals surface area contributed by atoms with Gasteiger partial charge >= 0.3 is 0 Å². The molecule has 1 aromatic rings. The maximum absolute atomic E-state index is 9.59. The predicted octanol–water partition coefficient (Wildman–Crippen LogP) is 4.58. The maximum atomic E-state index is 9.59. The monoisotopic (exact) mass is 306 g/mol. The van der Waals surface area contributed by atoms with Crippen molar-refractivity contribution in [2.24, 2.45) is 11.8 Å². The van der Waals surface area contributed by atoms with Gasteiger partial charge in [0.1, 0.15) is 5.54 Å². The Balaban J connectivity index is 2.18. The predicted molar refractivity (Wildman–Crippen MR) is 78.3 cm³/mol. The molecule has 1 saturated carbocycles. The minimum Gasteiger partial charge on any atom is -0.367 e. The lowest BCUT2D eigenvalue weighted by molar-refractivity contribution is 0.229. The molecule has 0 bridgehead atoms. The number of benzene rings is 1. The van der Waals surface area contributed by atoms with E-state index in [1.807, 2.05) is 24.3 Å². The third-order valence-corrected chi connectivity index (χ3v) is 4.57. The molecule has 3 unspecified atom stereocenters. The number of nitrogens with one attached hydrogen (secondary N) is 1. The standard InChI is InChI=1S/C15H19BrN2/c1-11-7-8-15(10-17,12(2)9-11)18-14-5-3-13(16)4-6-14/h3-6,11-12,18H,7-9H2,1-2H3. The molecule has 0 spiro atoms. The summed E-state index contributed by atoms with van der Waals surface area (Å²) in [4.78, 5) is 0. The molecular formula is C15H19BrN2. The summed E-state index contributed by atoms with van der Waals surface area (Å²) in [5.41, 5.74) is 0.626. The van der Waals surface area contributed by atoms with E-state index in [0.717, 1.165) is 35.3 Å². The van der Waals surface area contributed by atoms with Gasteiger partial charge in [-0.15, -0.1) is 0 Å². The van der Waals surface area contributed by atoms with Crippen LogP contribution in [0.4, 0.5) is 5.69 Å². The second-order valence-electron chi connectivity index (χ2n) is 5.50. The number of nitriles is 1. The van der Waals surface area contributed by atoms with Gasteiger partial charge in [0, 0.05) is 10.2 Å². The van der Waals surface area contributed by atoms with Gasteiger partial charge in [0.05, 0.1) is 6.07 Å². The molecule has 1 fully saturated rings. The Kier molecular flexibility index (Phi) is 3.97. The van der Waals surface area contributed by atoms with Gasteiger partial charge in [0.25, 0.3) is 0 Å². The molecule has 2 rings (SSSR count). The summed E-state index contributed by atoms with van der Waals surface area (Å²) >= 11 is 3.43. The van der Waals surface area contributed by atoms with Crippen molar-refractivity contribution in [3.63, 3.8) is 0 Å². The first-order valence-corrected chi connectivity index (χ1v) is 7.30. The van der Waals surface area contributed by atoms with Crippen LogP contribution in [0.1, 0.15) is 33.1 Å². The van der Waals surface area contributed by atoms with Crippen molar-refractivity contribution < 1.29 is 0 Å². The van der Waals surface area contributed by atoms with E-state index in [1.54, 1.807) is 0 Å². The van der Waals surface area contributed by atoms with E-state index >= 15 is 0 Å². The lowest BCUT2D eigenvalue weighted by Crippen LogP contribution is -2.46. The van der Waals surface area contributed by atoms with Crippen molar-refractivity contribution in [2.45, 2.75) is 38.6 Å². The molecule has 18 heavy (non-hydrogen) atoms. The fraction of sp³-hybridized carbons (Fsp3) is 0.533. The summed E-state index contributed by atoms with van der Waals surface area (Å²) < 4.78 is 1.06. The zero-order valence-electron chi connectivity index (χ0n) is 10.9. The van der Waals surface area contributed by atoms with E-state index in [2.05, 4.69) is 41.2 Å². The Bertz CT molecular complexity index is 449. The van der Waals surface area contributed by atoms with E-state index in [-0.39, 0.29) is 0 Å². The zero-order chi connectivity index (χ0) is 13.2. The molecule has 96 valence electrons. The summed E-state index contributed by atoms with van der Waals surface area (Å²) in [5, 5.41) is 13.1. The number of hydrogen-bond acceptors (Lipinski definition) is 2. The van der Waals surface area contributed by atoms with Crippen LogP contribution in [0.25, 0.3) is 0 Å². The topological polar surface area (TPSA) is 35.8 Å². The van der Waals surface area contributed by atoms with E-state index in [4.69, 9.17) is 0 Å². The number of halogens is 1. The van der Waals surface area contributed by atoms with Crippen LogP contribution in [0.5, 0.6) is 0 Å². The molecule has 1 aliphatic carbocycles. The number of anilines is 1. The lowest BCUT2D eigenvalue weighted by atomic mass is 9.70. The molecule has 0 aliphatic heterocycles. The first kappa shape index (κ1) is 13.4. The Labute approximate surface area is 118 Å². The average Bonchev–Trinajstić information content (AvgIpc) is 2.36. The van der Waals surface area contributed by atoms with Crippen molar-refractivity contribution in [2.75, 3.05) is 5.32 Å². The molecule has 0 amide bonds. The van der Waals surface area contributed by atoms with Crippen molar-refractivity contribution in [1.29, 1.82) is 5.26 Å². The smallest absolute Gasteiger partial charge is 0.127 e. The molecule has 2 nitrogen and oxygen atoms in total. The number of rotatable bonds is 2. The van der Waals surface area contributed by atoms with Gasteiger partial charge in [-0.1, -0.05) is 29.8 Å². The highest BCUT2D eigenvalue weighted by atomic mass is 79.9. The van der Waals surface area contributed by atoms with Crippen molar-refractivity contribution >= 4 is 21.6 Å². The number of hydrogen-bond donors (Lipinski definition) is 1. The average molecular weight is 307 g/mol. The minimum absolute atomic E-state index is 0.384. The van der Waals surface area contributed by atoms with Crippen LogP contribution in [0.15, 0.2) is 28.7 Å². The fourth-order valence-electron chi connectivity index (χ4n) is 2.81. The Hall–Kier alpha value is -1.01. The third kappa shape index (κ3) is 2.70. The molecule has 3 heteroatoms. The lowest BCUT2D eigenvalue weighted by Gasteiger charge is -2.40. The summed E-state index contributed by atoms with van der Waals surface area (Å²) in [7, 11) is 0. The minimum atomic E-state index is -0.402. The first-order chi connectivity index (χ1) is 8.55. The summed E-state index contributed by atoms with van der Waals surface area (Å²) in [6, 6.07) is 10.6. The van der Waals surface area contributed by atoms with E-state index in [1.165, 1.54) is 0 Å². The van der Waals surface area contributed by atoms with Crippen molar-refractivity contribution in [3.05, 3.63) is 28.7 Å². The molecular weight excluding hydrogens is 288 g/mol. The second-order valence-corrected chi connectivity index (χ2v) is 6.41. The summed E-state index contributed by atoms with van der Waals surface area (Å²) in [5.74, 6) is 1.11. The van der Waals surface area contributed by atoms with Crippen LogP contribution < -0.4 is 5.32 Å². The maximum Gasteiger partial charge on any atom is 0.127 e. The van der Waals surface area contributed by atoms with Crippen molar-refractivity contribution in [3.8, 4) is 6.07 Å². The van der Waals surface area contributed by atoms with E-state index in [9.17, 15) is 5.26 Å². The SMILES string of the molecule is CC1CCC(C#N)(Nc2ccc(Br)cc2)C(C)C1. The van der Waals surface area contributed by atoms with Gasteiger partial charge in [-0.25, -0.2) is 0 Å². The highest BCUT2D eigenvalue weighted by Crippen LogP contribution is 2.38. The molecule has 1 aromatic carbocycles. The van der Waals surface area contributed by atoms with Gasteiger partial charge < -0.3 is 5.32 Å². The Morgan fingerprint density at radius 2 is 2.00 bits per heavy atom. The van der Waals surface area contributed by atoms with Crippen LogP contribution in [-0.2, 0) is 0 Å². The molecule has 1 N–H and O–H groups in total. The quantitative estimate of drug-likeness (QED) is 0.868. The summed E-state index contributed by atoms with van der Waals surface area (Å²) in [6.45, 7) is 4.46. The fourth-order valence-corrected chi connectivity index (χ4v) is 3.08. The normalized spacial score (nSPS) is 31.7. The Morgan fingerprint density at radius 1 is 1.33 bits per heavy atom. The van der Waals surface area contributed by atoms with Crippen LogP contribution in [0.2, 0.25) is 0 Å². The first-order valence-electron chi connectivity index (χ1n) is 6.51. The van der Waals surface area contributed by atoms with Gasteiger partial charge in [0.15, 0.2) is 0 Å². The largest absolute Gasteiger partial charge is 0.367 e. The van der Waals surface area contributed by atoms with Gasteiger partial charge in [-0.2, -0.15) is 5.26 Å².